The number of esters is 1. The number of carbonyl (C=O) groups is 1. The average Bonchev–Trinajstić information content (AvgIpc) is 2.86. The molecular formula is C12H13BrN2O4. The van der Waals surface area contributed by atoms with Gasteiger partial charge in [-0.15, -0.1) is 0 Å². The maximum Gasteiger partial charge on any atom is 0.328 e. The molecular weight excluding hydrogens is 316 g/mol. The molecule has 19 heavy (non-hydrogen) atoms. The van der Waals surface area contributed by atoms with Crippen molar-refractivity contribution < 1.29 is 14.5 Å². The van der Waals surface area contributed by atoms with E-state index in [-0.39, 0.29) is 17.7 Å². The Hall–Kier alpha value is -1.63. The minimum absolute atomic E-state index is 0.0180. The second kappa shape index (κ2) is 5.56. The molecule has 0 amide bonds. The molecule has 1 aromatic carbocycles. The molecule has 1 fully saturated rings. The third kappa shape index (κ3) is 2.70. The molecule has 0 aliphatic carbocycles. The highest BCUT2D eigenvalue weighted by atomic mass is 79.9. The molecule has 1 unspecified atom stereocenters. The molecule has 2 rings (SSSR count). The first-order valence-corrected chi connectivity index (χ1v) is 6.62. The van der Waals surface area contributed by atoms with E-state index in [1.54, 1.807) is 6.07 Å². The predicted octanol–water partition coefficient (Wildman–Crippen LogP) is 2.50. The molecule has 0 N–H and O–H groups in total. The van der Waals surface area contributed by atoms with E-state index in [4.69, 9.17) is 4.74 Å². The zero-order valence-electron chi connectivity index (χ0n) is 10.3. The summed E-state index contributed by atoms with van der Waals surface area (Å²) >= 11 is 3.33. The van der Waals surface area contributed by atoms with Gasteiger partial charge >= 0.3 is 5.97 Å². The molecule has 1 aliphatic heterocycles. The third-order valence-corrected chi connectivity index (χ3v) is 3.81. The fourth-order valence-corrected chi connectivity index (χ4v) is 2.87. The zero-order chi connectivity index (χ0) is 14.0. The van der Waals surface area contributed by atoms with Crippen molar-refractivity contribution in [2.24, 2.45) is 0 Å². The Morgan fingerprint density at radius 2 is 2.32 bits per heavy atom. The van der Waals surface area contributed by atoms with Gasteiger partial charge in [0.25, 0.3) is 5.69 Å². The van der Waals surface area contributed by atoms with Gasteiger partial charge < -0.3 is 9.64 Å². The first kappa shape index (κ1) is 13.8. The number of carbonyl (C=O) groups excluding carboxylic acids is 1. The van der Waals surface area contributed by atoms with Gasteiger partial charge in [0.15, 0.2) is 0 Å². The highest BCUT2D eigenvalue weighted by Gasteiger charge is 2.32. The van der Waals surface area contributed by atoms with E-state index in [1.807, 2.05) is 4.90 Å². The Kier molecular flexibility index (Phi) is 4.04. The molecule has 1 heterocycles. The molecule has 1 atom stereocenters. The van der Waals surface area contributed by atoms with Gasteiger partial charge in [0, 0.05) is 23.2 Å². The Balaban J connectivity index is 2.31. The second-order valence-electron chi connectivity index (χ2n) is 4.27. The lowest BCUT2D eigenvalue weighted by Crippen LogP contribution is -2.37. The fourth-order valence-electron chi connectivity index (χ4n) is 2.28. The van der Waals surface area contributed by atoms with Crippen LogP contribution in [0.3, 0.4) is 0 Å². The smallest absolute Gasteiger partial charge is 0.328 e. The quantitative estimate of drug-likeness (QED) is 0.484. The van der Waals surface area contributed by atoms with Crippen molar-refractivity contribution in [3.05, 3.63) is 32.8 Å². The average molecular weight is 329 g/mol. The van der Waals surface area contributed by atoms with Crippen molar-refractivity contribution in [1.29, 1.82) is 0 Å². The Bertz CT molecular complexity index is 520. The number of methoxy groups -OCH3 is 1. The molecule has 102 valence electrons. The summed E-state index contributed by atoms with van der Waals surface area (Å²) in [5, 5.41) is 10.7. The summed E-state index contributed by atoms with van der Waals surface area (Å²) in [7, 11) is 1.36. The van der Waals surface area contributed by atoms with E-state index in [0.717, 1.165) is 25.1 Å². The largest absolute Gasteiger partial charge is 0.467 e. The van der Waals surface area contributed by atoms with E-state index < -0.39 is 4.92 Å². The normalized spacial score (nSPS) is 18.4. The molecule has 1 aliphatic rings. The molecule has 7 heteroatoms. The van der Waals surface area contributed by atoms with Crippen molar-refractivity contribution in [1.82, 2.24) is 0 Å². The molecule has 0 aromatic heterocycles. The zero-order valence-corrected chi connectivity index (χ0v) is 11.9. The van der Waals surface area contributed by atoms with Gasteiger partial charge in [-0.05, 0) is 34.8 Å². The van der Waals surface area contributed by atoms with Gasteiger partial charge in [0.1, 0.15) is 6.04 Å². The van der Waals surface area contributed by atoms with Crippen LogP contribution in [0.15, 0.2) is 22.7 Å². The second-order valence-corrected chi connectivity index (χ2v) is 5.12. The van der Waals surface area contributed by atoms with Crippen molar-refractivity contribution in [3.8, 4) is 0 Å². The predicted molar refractivity (Wildman–Crippen MR) is 73.2 cm³/mol. The topological polar surface area (TPSA) is 72.7 Å². The molecule has 1 aromatic rings. The summed E-state index contributed by atoms with van der Waals surface area (Å²) in [6, 6.07) is 4.22. The number of nitro benzene ring substituents is 1. The van der Waals surface area contributed by atoms with Crippen LogP contribution in [0.5, 0.6) is 0 Å². The molecule has 0 spiro atoms. The van der Waals surface area contributed by atoms with Crippen LogP contribution in [-0.4, -0.2) is 30.6 Å². The first-order chi connectivity index (χ1) is 9.04. The SMILES string of the molecule is COC(=O)C1CCCN1c1ccc([N+](=O)[O-])cc1Br. The van der Waals surface area contributed by atoms with E-state index >= 15 is 0 Å². The summed E-state index contributed by atoms with van der Waals surface area (Å²) in [4.78, 5) is 23.9. The van der Waals surface area contributed by atoms with Gasteiger partial charge in [-0.2, -0.15) is 0 Å². The summed E-state index contributed by atoms with van der Waals surface area (Å²) in [5.41, 5.74) is 0.794. The maximum absolute atomic E-state index is 11.7. The standard InChI is InChI=1S/C12H13BrN2O4/c1-19-12(16)11-3-2-6-14(11)10-5-4-8(15(17)18)7-9(10)13/h4-5,7,11H,2-3,6H2,1H3. The van der Waals surface area contributed by atoms with E-state index in [2.05, 4.69) is 15.9 Å². The number of hydrogen-bond acceptors (Lipinski definition) is 5. The number of benzene rings is 1. The van der Waals surface area contributed by atoms with Crippen molar-refractivity contribution >= 4 is 33.3 Å². The lowest BCUT2D eigenvalue weighted by atomic mass is 10.2. The van der Waals surface area contributed by atoms with Gasteiger partial charge in [-0.3, -0.25) is 10.1 Å². The van der Waals surface area contributed by atoms with Crippen LogP contribution >= 0.6 is 15.9 Å². The van der Waals surface area contributed by atoms with Gasteiger partial charge in [-0.25, -0.2) is 4.79 Å². The van der Waals surface area contributed by atoms with Gasteiger partial charge in [0.2, 0.25) is 0 Å². The molecule has 0 radical (unpaired) electrons. The minimum atomic E-state index is -0.448. The van der Waals surface area contributed by atoms with Crippen LogP contribution in [0.25, 0.3) is 0 Å². The van der Waals surface area contributed by atoms with Crippen molar-refractivity contribution in [2.45, 2.75) is 18.9 Å². The van der Waals surface area contributed by atoms with Crippen LogP contribution in [0.4, 0.5) is 11.4 Å². The molecule has 0 bridgehead atoms. The summed E-state index contributed by atoms with van der Waals surface area (Å²) < 4.78 is 5.39. The number of hydrogen-bond donors (Lipinski definition) is 0. The number of nitro groups is 1. The lowest BCUT2D eigenvalue weighted by molar-refractivity contribution is -0.384. The summed E-state index contributed by atoms with van der Waals surface area (Å²) in [6.45, 7) is 0.732. The Labute approximate surface area is 118 Å². The number of rotatable bonds is 3. The van der Waals surface area contributed by atoms with E-state index in [0.29, 0.717) is 4.47 Å². The van der Waals surface area contributed by atoms with Gasteiger partial charge in [-0.1, -0.05) is 0 Å². The van der Waals surface area contributed by atoms with Gasteiger partial charge in [0.05, 0.1) is 17.7 Å². The molecule has 6 nitrogen and oxygen atoms in total. The summed E-state index contributed by atoms with van der Waals surface area (Å²) in [5.74, 6) is -0.275. The third-order valence-electron chi connectivity index (χ3n) is 3.18. The van der Waals surface area contributed by atoms with Crippen molar-refractivity contribution in [3.63, 3.8) is 0 Å². The van der Waals surface area contributed by atoms with E-state index in [9.17, 15) is 14.9 Å². The lowest BCUT2D eigenvalue weighted by Gasteiger charge is -2.25. The van der Waals surface area contributed by atoms with Crippen LogP contribution in [0, 0.1) is 10.1 Å². The number of anilines is 1. The minimum Gasteiger partial charge on any atom is -0.467 e. The monoisotopic (exact) mass is 328 g/mol. The van der Waals surface area contributed by atoms with E-state index in [1.165, 1.54) is 19.2 Å². The fraction of sp³-hybridized carbons (Fsp3) is 0.417. The van der Waals surface area contributed by atoms with Crippen LogP contribution < -0.4 is 4.90 Å². The highest BCUT2D eigenvalue weighted by Crippen LogP contribution is 2.34. The Morgan fingerprint density at radius 3 is 2.89 bits per heavy atom. The molecule has 1 saturated heterocycles. The Morgan fingerprint density at radius 1 is 1.58 bits per heavy atom. The van der Waals surface area contributed by atoms with Crippen LogP contribution in [-0.2, 0) is 9.53 Å². The van der Waals surface area contributed by atoms with Crippen LogP contribution in [0.1, 0.15) is 12.8 Å². The number of nitrogens with zero attached hydrogens (tertiary/aromatic N) is 2. The highest BCUT2D eigenvalue weighted by molar-refractivity contribution is 9.10. The summed E-state index contributed by atoms with van der Waals surface area (Å²) in [6.07, 6.45) is 1.62. The van der Waals surface area contributed by atoms with Crippen molar-refractivity contribution in [2.75, 3.05) is 18.6 Å². The maximum atomic E-state index is 11.7. The number of halogens is 1. The first-order valence-electron chi connectivity index (χ1n) is 5.83. The number of ether oxygens (including phenoxy) is 1. The van der Waals surface area contributed by atoms with Crippen LogP contribution in [0.2, 0.25) is 0 Å². The number of non-ortho nitro benzene ring substituents is 1. The molecule has 0 saturated carbocycles.